The van der Waals surface area contributed by atoms with Crippen molar-refractivity contribution in [1.82, 2.24) is 4.98 Å². The Morgan fingerprint density at radius 3 is 2.94 bits per heavy atom. The molecule has 4 N–H and O–H groups in total. The van der Waals surface area contributed by atoms with E-state index < -0.39 is 0 Å². The predicted octanol–water partition coefficient (Wildman–Crippen LogP) is 1.86. The highest BCUT2D eigenvalue weighted by atomic mass is 16.3. The Bertz CT molecular complexity index is 513. The number of nitrogens with one attached hydrogen (secondary N) is 1. The molecule has 1 aromatic heterocycles. The van der Waals surface area contributed by atoms with Gasteiger partial charge in [0.05, 0.1) is 23.1 Å². The summed E-state index contributed by atoms with van der Waals surface area (Å²) in [5, 5.41) is 13.3. The number of aliphatic hydroxyl groups is 1. The standard InChI is InChI=1S/C13H17N3O/c1-9(8-17)6-16-13-10-4-2-3-5-12(10)15-7-11(13)14/h2-5,7,9,17H,6,8,14H2,1H3,(H,15,16). The van der Waals surface area contributed by atoms with Gasteiger partial charge in [0, 0.05) is 18.5 Å². The van der Waals surface area contributed by atoms with E-state index in [1.54, 1.807) is 6.20 Å². The Balaban J connectivity index is 2.34. The van der Waals surface area contributed by atoms with Crippen molar-refractivity contribution in [1.29, 1.82) is 0 Å². The first-order valence-electron chi connectivity index (χ1n) is 5.70. The van der Waals surface area contributed by atoms with E-state index in [-0.39, 0.29) is 12.5 Å². The second kappa shape index (κ2) is 5.01. The number of benzene rings is 1. The summed E-state index contributed by atoms with van der Waals surface area (Å²) in [6.07, 6.45) is 1.66. The smallest absolute Gasteiger partial charge is 0.0743 e. The van der Waals surface area contributed by atoms with Crippen LogP contribution in [-0.2, 0) is 0 Å². The summed E-state index contributed by atoms with van der Waals surface area (Å²) in [7, 11) is 0. The molecule has 1 unspecified atom stereocenters. The lowest BCUT2D eigenvalue weighted by Crippen LogP contribution is -2.15. The SMILES string of the molecule is CC(CO)CNc1c(N)cnc2ccccc12. The Hall–Kier alpha value is -1.81. The lowest BCUT2D eigenvalue weighted by molar-refractivity contribution is 0.244. The van der Waals surface area contributed by atoms with Gasteiger partial charge >= 0.3 is 0 Å². The van der Waals surface area contributed by atoms with Crippen LogP contribution in [0.15, 0.2) is 30.5 Å². The molecule has 0 aliphatic carbocycles. The first-order chi connectivity index (χ1) is 8.22. The second-order valence-electron chi connectivity index (χ2n) is 4.27. The number of nitrogens with zero attached hydrogens (tertiary/aromatic N) is 1. The molecule has 1 atom stereocenters. The van der Waals surface area contributed by atoms with Crippen LogP contribution in [0.1, 0.15) is 6.92 Å². The minimum absolute atomic E-state index is 0.163. The number of hydrogen-bond donors (Lipinski definition) is 3. The van der Waals surface area contributed by atoms with Gasteiger partial charge in [-0.15, -0.1) is 0 Å². The van der Waals surface area contributed by atoms with Gasteiger partial charge in [-0.05, 0) is 12.0 Å². The van der Waals surface area contributed by atoms with Crippen molar-refractivity contribution in [2.45, 2.75) is 6.92 Å². The lowest BCUT2D eigenvalue weighted by atomic mass is 10.1. The number of rotatable bonds is 4. The molecule has 90 valence electrons. The van der Waals surface area contributed by atoms with Crippen LogP contribution < -0.4 is 11.1 Å². The molecule has 2 aromatic rings. The molecule has 1 heterocycles. The molecule has 0 saturated heterocycles. The molecular formula is C13H17N3O. The summed E-state index contributed by atoms with van der Waals surface area (Å²) in [5.74, 6) is 0.196. The van der Waals surface area contributed by atoms with Gasteiger partial charge in [0.25, 0.3) is 0 Å². The molecule has 0 aliphatic heterocycles. The largest absolute Gasteiger partial charge is 0.396 e. The molecule has 4 nitrogen and oxygen atoms in total. The molecule has 4 heteroatoms. The minimum Gasteiger partial charge on any atom is -0.396 e. The van der Waals surface area contributed by atoms with Crippen molar-refractivity contribution in [3.63, 3.8) is 0 Å². The fourth-order valence-corrected chi connectivity index (χ4v) is 1.69. The van der Waals surface area contributed by atoms with Crippen molar-refractivity contribution in [2.75, 3.05) is 24.2 Å². The first-order valence-corrected chi connectivity index (χ1v) is 5.70. The average Bonchev–Trinajstić information content (AvgIpc) is 2.37. The number of fused-ring (bicyclic) bond motifs is 1. The quantitative estimate of drug-likeness (QED) is 0.751. The zero-order valence-corrected chi connectivity index (χ0v) is 9.85. The van der Waals surface area contributed by atoms with Crippen LogP contribution in [0.5, 0.6) is 0 Å². The van der Waals surface area contributed by atoms with E-state index in [1.807, 2.05) is 31.2 Å². The van der Waals surface area contributed by atoms with E-state index in [9.17, 15) is 0 Å². The molecule has 0 radical (unpaired) electrons. The Labute approximate surface area is 100 Å². The van der Waals surface area contributed by atoms with Gasteiger partial charge in [-0.3, -0.25) is 4.98 Å². The van der Waals surface area contributed by atoms with Gasteiger partial charge in [-0.25, -0.2) is 0 Å². The zero-order valence-electron chi connectivity index (χ0n) is 9.85. The third-order valence-corrected chi connectivity index (χ3v) is 2.74. The topological polar surface area (TPSA) is 71.2 Å². The van der Waals surface area contributed by atoms with Crippen LogP contribution in [0.2, 0.25) is 0 Å². The molecule has 2 rings (SSSR count). The third-order valence-electron chi connectivity index (χ3n) is 2.74. The van der Waals surface area contributed by atoms with E-state index in [2.05, 4.69) is 10.3 Å². The van der Waals surface area contributed by atoms with Crippen molar-refractivity contribution >= 4 is 22.3 Å². The Morgan fingerprint density at radius 2 is 2.18 bits per heavy atom. The molecule has 0 spiro atoms. The summed E-state index contributed by atoms with van der Waals surface area (Å²) < 4.78 is 0. The number of aliphatic hydroxyl groups excluding tert-OH is 1. The fourth-order valence-electron chi connectivity index (χ4n) is 1.69. The molecule has 0 fully saturated rings. The summed E-state index contributed by atoms with van der Waals surface area (Å²) >= 11 is 0. The van der Waals surface area contributed by atoms with Crippen molar-refractivity contribution in [3.05, 3.63) is 30.5 Å². The lowest BCUT2D eigenvalue weighted by Gasteiger charge is -2.14. The van der Waals surface area contributed by atoms with Crippen molar-refractivity contribution < 1.29 is 5.11 Å². The maximum atomic E-state index is 9.01. The maximum Gasteiger partial charge on any atom is 0.0743 e. The van der Waals surface area contributed by atoms with Gasteiger partial charge < -0.3 is 16.2 Å². The second-order valence-corrected chi connectivity index (χ2v) is 4.27. The summed E-state index contributed by atoms with van der Waals surface area (Å²) in [6.45, 7) is 2.83. The highest BCUT2D eigenvalue weighted by Crippen LogP contribution is 2.27. The van der Waals surface area contributed by atoms with Crippen LogP contribution in [0.25, 0.3) is 10.9 Å². The van der Waals surface area contributed by atoms with Crippen LogP contribution >= 0.6 is 0 Å². The molecule has 0 bridgehead atoms. The highest BCUT2D eigenvalue weighted by Gasteiger charge is 2.07. The summed E-state index contributed by atoms with van der Waals surface area (Å²) in [6, 6.07) is 7.86. The number of anilines is 2. The molecule has 0 saturated carbocycles. The van der Waals surface area contributed by atoms with E-state index >= 15 is 0 Å². The molecule has 0 amide bonds. The van der Waals surface area contributed by atoms with Crippen LogP contribution in [-0.4, -0.2) is 23.2 Å². The number of aromatic nitrogens is 1. The zero-order chi connectivity index (χ0) is 12.3. The van der Waals surface area contributed by atoms with Crippen LogP contribution in [0.3, 0.4) is 0 Å². The Morgan fingerprint density at radius 1 is 1.41 bits per heavy atom. The van der Waals surface area contributed by atoms with E-state index in [1.165, 1.54) is 0 Å². The summed E-state index contributed by atoms with van der Waals surface area (Å²) in [5.41, 5.74) is 8.38. The first kappa shape index (κ1) is 11.7. The number of nitrogen functional groups attached to an aromatic ring is 1. The number of para-hydroxylation sites is 1. The molecule has 17 heavy (non-hydrogen) atoms. The van der Waals surface area contributed by atoms with Gasteiger partial charge in [0.2, 0.25) is 0 Å². The maximum absolute atomic E-state index is 9.01. The van der Waals surface area contributed by atoms with Crippen LogP contribution in [0, 0.1) is 5.92 Å². The predicted molar refractivity (Wildman–Crippen MR) is 70.9 cm³/mol. The van der Waals surface area contributed by atoms with E-state index in [0.29, 0.717) is 12.2 Å². The van der Waals surface area contributed by atoms with Crippen LogP contribution in [0.4, 0.5) is 11.4 Å². The minimum atomic E-state index is 0.163. The van der Waals surface area contributed by atoms with E-state index in [4.69, 9.17) is 10.8 Å². The van der Waals surface area contributed by atoms with Crippen molar-refractivity contribution in [2.24, 2.45) is 5.92 Å². The fraction of sp³-hybridized carbons (Fsp3) is 0.308. The molecule has 1 aromatic carbocycles. The highest BCUT2D eigenvalue weighted by molar-refractivity contribution is 5.96. The van der Waals surface area contributed by atoms with Gasteiger partial charge in [-0.1, -0.05) is 25.1 Å². The van der Waals surface area contributed by atoms with Gasteiger partial charge in [0.1, 0.15) is 0 Å². The van der Waals surface area contributed by atoms with Gasteiger partial charge in [0.15, 0.2) is 0 Å². The van der Waals surface area contributed by atoms with Gasteiger partial charge in [-0.2, -0.15) is 0 Å². The van der Waals surface area contributed by atoms with E-state index in [0.717, 1.165) is 16.6 Å². The summed E-state index contributed by atoms with van der Waals surface area (Å²) in [4.78, 5) is 4.27. The number of nitrogens with two attached hydrogens (primary N) is 1. The Kier molecular flexibility index (Phi) is 3.44. The van der Waals surface area contributed by atoms with Crippen molar-refractivity contribution in [3.8, 4) is 0 Å². The number of pyridine rings is 1. The number of hydrogen-bond acceptors (Lipinski definition) is 4. The monoisotopic (exact) mass is 231 g/mol. The average molecular weight is 231 g/mol. The third kappa shape index (κ3) is 2.47. The normalized spacial score (nSPS) is 12.6. The molecule has 0 aliphatic rings. The molecular weight excluding hydrogens is 214 g/mol.